The summed E-state index contributed by atoms with van der Waals surface area (Å²) in [7, 11) is 1.70. The number of carbonyl (C=O) groups is 2. The first-order valence-corrected chi connectivity index (χ1v) is 8.43. The van der Waals surface area contributed by atoms with Crippen LogP contribution in [-0.4, -0.2) is 45.3 Å². The third-order valence-electron chi connectivity index (χ3n) is 4.73. The molecule has 0 radical (unpaired) electrons. The Morgan fingerprint density at radius 3 is 2.37 bits per heavy atom. The average Bonchev–Trinajstić information content (AvgIpc) is 3.03. The number of carbonyl (C=O) groups excluding carboxylic acids is 1. The van der Waals surface area contributed by atoms with E-state index in [1.54, 1.807) is 11.9 Å². The zero-order valence-electron chi connectivity index (χ0n) is 14.5. The van der Waals surface area contributed by atoms with Gasteiger partial charge < -0.3 is 10.0 Å². The second kappa shape index (κ2) is 7.05. The quantitative estimate of drug-likeness (QED) is 0.861. The molecule has 1 aromatic heterocycles. The summed E-state index contributed by atoms with van der Waals surface area (Å²) in [4.78, 5) is 25.1. The van der Waals surface area contributed by atoms with Gasteiger partial charge in [0.2, 0.25) is 0 Å². The molecule has 0 bridgehead atoms. The molecule has 0 unspecified atom stereocenters. The van der Waals surface area contributed by atoms with Crippen molar-refractivity contribution in [3.05, 3.63) is 47.3 Å². The number of amides is 1. The van der Waals surface area contributed by atoms with Crippen molar-refractivity contribution in [2.75, 3.05) is 13.6 Å². The van der Waals surface area contributed by atoms with E-state index in [0.717, 1.165) is 12.8 Å². The van der Waals surface area contributed by atoms with Crippen LogP contribution in [0.1, 0.15) is 45.7 Å². The number of rotatable bonds is 5. The Morgan fingerprint density at radius 1 is 1.26 bits per heavy atom. The second-order valence-corrected chi connectivity index (χ2v) is 6.65. The lowest BCUT2D eigenvalue weighted by molar-refractivity contribution is -0.143. The van der Waals surface area contributed by atoms with Crippen molar-refractivity contribution in [1.29, 1.82) is 0 Å². The molecule has 144 valence electrons. The fraction of sp³-hybridized carbons (Fsp3) is 0.389. The van der Waals surface area contributed by atoms with Gasteiger partial charge in [0.25, 0.3) is 5.91 Å². The molecule has 1 aliphatic rings. The molecule has 6 nitrogen and oxygen atoms in total. The van der Waals surface area contributed by atoms with Crippen molar-refractivity contribution in [3.63, 3.8) is 0 Å². The summed E-state index contributed by atoms with van der Waals surface area (Å²) in [5.41, 5.74) is -1.92. The largest absolute Gasteiger partial charge is 0.478 e. The molecule has 1 amide bonds. The monoisotopic (exact) mass is 381 g/mol. The molecule has 1 aliphatic carbocycles. The Balaban J connectivity index is 1.85. The maximum Gasteiger partial charge on any atom is 0.434 e. The molecule has 1 N–H and O–H groups in total. The first kappa shape index (κ1) is 18.9. The van der Waals surface area contributed by atoms with Gasteiger partial charge in [-0.2, -0.15) is 18.3 Å². The summed E-state index contributed by atoms with van der Waals surface area (Å²) in [5.74, 6) is -1.42. The Kier molecular flexibility index (Phi) is 4.95. The minimum absolute atomic E-state index is 0.0213. The number of halogens is 3. The van der Waals surface area contributed by atoms with Crippen LogP contribution in [0.25, 0.3) is 5.69 Å². The highest BCUT2D eigenvalue weighted by Crippen LogP contribution is 2.33. The molecule has 0 saturated heterocycles. The van der Waals surface area contributed by atoms with E-state index in [9.17, 15) is 22.8 Å². The van der Waals surface area contributed by atoms with Crippen LogP contribution in [-0.2, 0) is 6.18 Å². The van der Waals surface area contributed by atoms with Crippen LogP contribution in [0.4, 0.5) is 13.2 Å². The lowest BCUT2D eigenvalue weighted by Crippen LogP contribution is -2.34. The van der Waals surface area contributed by atoms with Gasteiger partial charge in [-0.05, 0) is 43.0 Å². The van der Waals surface area contributed by atoms with Gasteiger partial charge in [0.05, 0.1) is 11.9 Å². The average molecular weight is 381 g/mol. The number of nitrogens with zero attached hydrogens (tertiary/aromatic N) is 3. The number of carboxylic acids is 1. The van der Waals surface area contributed by atoms with E-state index in [1.165, 1.54) is 30.7 Å². The molecule has 0 aliphatic heterocycles. The molecule has 9 heteroatoms. The fourth-order valence-electron chi connectivity index (χ4n) is 3.08. The maximum atomic E-state index is 13.3. The summed E-state index contributed by atoms with van der Waals surface area (Å²) < 4.78 is 40.4. The number of hydrogen-bond donors (Lipinski definition) is 1. The van der Waals surface area contributed by atoms with E-state index in [4.69, 9.17) is 5.11 Å². The number of aromatic nitrogens is 2. The van der Waals surface area contributed by atoms with Gasteiger partial charge in [-0.25, -0.2) is 9.48 Å². The van der Waals surface area contributed by atoms with E-state index in [-0.39, 0.29) is 11.6 Å². The molecule has 1 fully saturated rings. The standard InChI is InChI=1S/C18H18F3N3O3/c1-23(10-11-3-2-4-11)16(25)12-5-7-13(8-6-12)24-15(18(19,20)21)14(9-22-24)17(26)27/h5-9,11H,2-4,10H2,1H3,(H,26,27). The Bertz CT molecular complexity index is 855. The highest BCUT2D eigenvalue weighted by atomic mass is 19.4. The van der Waals surface area contributed by atoms with Gasteiger partial charge in [0, 0.05) is 19.2 Å². The molecular weight excluding hydrogens is 363 g/mol. The van der Waals surface area contributed by atoms with E-state index in [2.05, 4.69) is 5.10 Å². The number of carboxylic acid groups (broad SMARTS) is 1. The predicted octanol–water partition coefficient (Wildman–Crippen LogP) is 3.46. The summed E-state index contributed by atoms with van der Waals surface area (Å²) in [6.45, 7) is 0.653. The summed E-state index contributed by atoms with van der Waals surface area (Å²) in [5, 5.41) is 12.5. The van der Waals surface area contributed by atoms with Gasteiger partial charge in [0.1, 0.15) is 5.56 Å². The Morgan fingerprint density at radius 2 is 1.89 bits per heavy atom. The van der Waals surface area contributed by atoms with Gasteiger partial charge in [0.15, 0.2) is 5.69 Å². The lowest BCUT2D eigenvalue weighted by Gasteiger charge is -2.30. The molecule has 0 spiro atoms. The van der Waals surface area contributed by atoms with Crippen molar-refractivity contribution >= 4 is 11.9 Å². The number of benzene rings is 1. The fourth-order valence-corrected chi connectivity index (χ4v) is 3.08. The molecule has 2 aromatic rings. The van der Waals surface area contributed by atoms with E-state index >= 15 is 0 Å². The van der Waals surface area contributed by atoms with Crippen molar-refractivity contribution < 1.29 is 27.9 Å². The summed E-state index contributed by atoms with van der Waals surface area (Å²) >= 11 is 0. The molecule has 1 heterocycles. The first-order chi connectivity index (χ1) is 12.7. The molecule has 3 rings (SSSR count). The normalized spacial score (nSPS) is 14.7. The van der Waals surface area contributed by atoms with Crippen molar-refractivity contribution in [3.8, 4) is 5.69 Å². The molecule has 1 aromatic carbocycles. The zero-order valence-corrected chi connectivity index (χ0v) is 14.5. The lowest BCUT2D eigenvalue weighted by atomic mass is 9.85. The van der Waals surface area contributed by atoms with Crippen molar-refractivity contribution in [2.24, 2.45) is 5.92 Å². The van der Waals surface area contributed by atoms with Gasteiger partial charge >= 0.3 is 12.1 Å². The van der Waals surface area contributed by atoms with Crippen LogP contribution in [0.15, 0.2) is 30.5 Å². The van der Waals surface area contributed by atoms with Crippen LogP contribution in [0.2, 0.25) is 0 Å². The minimum Gasteiger partial charge on any atom is -0.478 e. The van der Waals surface area contributed by atoms with Crippen LogP contribution in [0.5, 0.6) is 0 Å². The molecule has 0 atom stereocenters. The van der Waals surface area contributed by atoms with Crippen molar-refractivity contribution in [2.45, 2.75) is 25.4 Å². The van der Waals surface area contributed by atoms with Gasteiger partial charge in [-0.15, -0.1) is 0 Å². The Labute approximate surface area is 153 Å². The molecular formula is C18H18F3N3O3. The first-order valence-electron chi connectivity index (χ1n) is 8.43. The predicted molar refractivity (Wildman–Crippen MR) is 89.8 cm³/mol. The third kappa shape index (κ3) is 3.81. The number of alkyl halides is 3. The molecule has 27 heavy (non-hydrogen) atoms. The number of aromatic carboxylic acids is 1. The van der Waals surface area contributed by atoms with E-state index in [0.29, 0.717) is 28.9 Å². The zero-order chi connectivity index (χ0) is 19.8. The Hall–Kier alpha value is -2.84. The van der Waals surface area contributed by atoms with E-state index < -0.39 is 23.4 Å². The maximum absolute atomic E-state index is 13.3. The SMILES string of the molecule is CN(CC1CCC1)C(=O)c1ccc(-n2ncc(C(=O)O)c2C(F)(F)F)cc1. The third-order valence-corrected chi connectivity index (χ3v) is 4.73. The van der Waals surface area contributed by atoms with Crippen LogP contribution in [0.3, 0.4) is 0 Å². The summed E-state index contributed by atoms with van der Waals surface area (Å²) in [6.07, 6.45) is -0.854. The topological polar surface area (TPSA) is 75.4 Å². The molecule has 1 saturated carbocycles. The minimum atomic E-state index is -4.89. The van der Waals surface area contributed by atoms with Gasteiger partial charge in [-0.1, -0.05) is 6.42 Å². The number of hydrogen-bond acceptors (Lipinski definition) is 3. The second-order valence-electron chi connectivity index (χ2n) is 6.65. The van der Waals surface area contributed by atoms with Crippen LogP contribution >= 0.6 is 0 Å². The highest BCUT2D eigenvalue weighted by molar-refractivity contribution is 5.94. The van der Waals surface area contributed by atoms with Gasteiger partial charge in [-0.3, -0.25) is 4.79 Å². The van der Waals surface area contributed by atoms with Crippen LogP contribution in [0, 0.1) is 5.92 Å². The van der Waals surface area contributed by atoms with Crippen molar-refractivity contribution in [1.82, 2.24) is 14.7 Å². The van der Waals surface area contributed by atoms with E-state index in [1.807, 2.05) is 0 Å². The highest BCUT2D eigenvalue weighted by Gasteiger charge is 2.40. The smallest absolute Gasteiger partial charge is 0.434 e. The van der Waals surface area contributed by atoms with Crippen LogP contribution < -0.4 is 0 Å². The summed E-state index contributed by atoms with van der Waals surface area (Å²) in [6, 6.07) is 5.46.